The summed E-state index contributed by atoms with van der Waals surface area (Å²) in [5.41, 5.74) is 0.888. The second-order valence-electron chi connectivity index (χ2n) is 5.78. The van der Waals surface area contributed by atoms with Crippen molar-refractivity contribution in [3.63, 3.8) is 0 Å². The number of hydrogen-bond acceptors (Lipinski definition) is 3. The number of imidazole rings is 1. The van der Waals surface area contributed by atoms with Crippen molar-refractivity contribution in [2.45, 2.75) is 13.8 Å². The van der Waals surface area contributed by atoms with Crippen LogP contribution in [-0.4, -0.2) is 24.1 Å². The van der Waals surface area contributed by atoms with Gasteiger partial charge in [-0.15, -0.1) is 0 Å². The van der Waals surface area contributed by atoms with Crippen LogP contribution in [0.5, 0.6) is 0 Å². The van der Waals surface area contributed by atoms with Crippen molar-refractivity contribution in [3.05, 3.63) is 64.6 Å². The van der Waals surface area contributed by atoms with Crippen molar-refractivity contribution in [1.82, 2.24) is 24.1 Å². The quantitative estimate of drug-likeness (QED) is 0.490. The lowest BCUT2D eigenvalue weighted by Crippen LogP contribution is -2.11. The van der Waals surface area contributed by atoms with Gasteiger partial charge < -0.3 is 0 Å². The molecule has 3 aromatic heterocycles. The van der Waals surface area contributed by atoms with Crippen LogP contribution in [0.1, 0.15) is 11.4 Å². The Morgan fingerprint density at radius 2 is 1.69 bits per heavy atom. The van der Waals surface area contributed by atoms with E-state index in [4.69, 9.17) is 11.6 Å². The summed E-state index contributed by atoms with van der Waals surface area (Å²) in [5, 5.41) is 4.21. The average molecular weight is 378 g/mol. The Bertz CT molecular complexity index is 1140. The van der Waals surface area contributed by atoms with Gasteiger partial charge in [-0.2, -0.15) is 10.1 Å². The Balaban J connectivity index is 2.19. The van der Waals surface area contributed by atoms with E-state index in [1.54, 1.807) is 26.1 Å². The summed E-state index contributed by atoms with van der Waals surface area (Å²) < 4.78 is 45.3. The van der Waals surface area contributed by atoms with E-state index < -0.39 is 23.0 Å². The van der Waals surface area contributed by atoms with E-state index in [-0.39, 0.29) is 22.3 Å². The number of hydrogen-bond donors (Lipinski definition) is 0. The van der Waals surface area contributed by atoms with Crippen molar-refractivity contribution >= 4 is 17.4 Å². The van der Waals surface area contributed by atoms with Gasteiger partial charge in [-0.25, -0.2) is 22.8 Å². The lowest BCUT2D eigenvalue weighted by atomic mass is 10.1. The van der Waals surface area contributed by atoms with E-state index in [0.29, 0.717) is 23.5 Å². The molecule has 4 aromatic rings. The molecule has 0 atom stereocenters. The average Bonchev–Trinajstić information content (AvgIpc) is 3.12. The minimum Gasteiger partial charge on any atom is -0.268 e. The van der Waals surface area contributed by atoms with Crippen LogP contribution in [0.3, 0.4) is 0 Å². The highest BCUT2D eigenvalue weighted by atomic mass is 35.5. The monoisotopic (exact) mass is 377 g/mol. The van der Waals surface area contributed by atoms with Crippen molar-refractivity contribution in [2.75, 3.05) is 0 Å². The number of aryl methyl sites for hydroxylation is 2. The topological polar surface area (TPSA) is 48.0 Å². The molecule has 0 N–H and O–H groups in total. The van der Waals surface area contributed by atoms with E-state index in [2.05, 4.69) is 15.1 Å². The zero-order chi connectivity index (χ0) is 18.6. The van der Waals surface area contributed by atoms with Gasteiger partial charge in [0.25, 0.3) is 0 Å². The van der Waals surface area contributed by atoms with Crippen molar-refractivity contribution in [1.29, 1.82) is 0 Å². The maximum absolute atomic E-state index is 14.5. The Hall–Kier alpha value is -2.87. The molecule has 9 heteroatoms. The first-order valence-electron chi connectivity index (χ1n) is 7.58. The largest absolute Gasteiger partial charge is 0.268 e. The third kappa shape index (κ3) is 2.45. The summed E-state index contributed by atoms with van der Waals surface area (Å²) in [6.07, 6.45) is 3.06. The molecule has 0 fully saturated rings. The van der Waals surface area contributed by atoms with Crippen LogP contribution in [0.25, 0.3) is 22.7 Å². The van der Waals surface area contributed by atoms with E-state index in [0.717, 1.165) is 0 Å². The summed E-state index contributed by atoms with van der Waals surface area (Å²) in [4.78, 5) is 8.16. The summed E-state index contributed by atoms with van der Waals surface area (Å²) in [5.74, 6) is -2.71. The molecule has 0 spiro atoms. The fourth-order valence-electron chi connectivity index (χ4n) is 2.95. The van der Waals surface area contributed by atoms with Crippen LogP contribution in [0, 0.1) is 31.3 Å². The summed E-state index contributed by atoms with van der Waals surface area (Å²) in [7, 11) is 0. The zero-order valence-electron chi connectivity index (χ0n) is 13.6. The third-order valence-corrected chi connectivity index (χ3v) is 4.22. The highest BCUT2D eigenvalue weighted by Gasteiger charge is 2.25. The van der Waals surface area contributed by atoms with Gasteiger partial charge in [0.15, 0.2) is 5.82 Å². The molecule has 0 aliphatic carbocycles. The standard InChI is InChI=1S/C17H11ClF3N5/c1-8-5-9(2)26(24-8)16-14(13-11(20)6-10(19)7-12(13)21)15(18)23-17-22-3-4-25(16)17/h3-7H,1-2H3. The molecule has 26 heavy (non-hydrogen) atoms. The lowest BCUT2D eigenvalue weighted by molar-refractivity contribution is 0.547. The minimum atomic E-state index is -1.09. The van der Waals surface area contributed by atoms with Gasteiger partial charge in [0.1, 0.15) is 22.6 Å². The molecular formula is C17H11ClF3N5. The van der Waals surface area contributed by atoms with Gasteiger partial charge in [-0.05, 0) is 19.9 Å². The lowest BCUT2D eigenvalue weighted by Gasteiger charge is -2.16. The van der Waals surface area contributed by atoms with Gasteiger partial charge in [-0.1, -0.05) is 11.6 Å². The molecule has 0 bridgehead atoms. The molecule has 0 unspecified atom stereocenters. The molecule has 0 radical (unpaired) electrons. The third-order valence-electron chi connectivity index (χ3n) is 3.94. The summed E-state index contributed by atoms with van der Waals surface area (Å²) >= 11 is 6.26. The highest BCUT2D eigenvalue weighted by Crippen LogP contribution is 2.37. The normalized spacial score (nSPS) is 11.5. The number of nitrogens with zero attached hydrogens (tertiary/aromatic N) is 5. The molecule has 132 valence electrons. The van der Waals surface area contributed by atoms with Gasteiger partial charge in [0.2, 0.25) is 5.78 Å². The molecular weight excluding hydrogens is 367 g/mol. The van der Waals surface area contributed by atoms with Crippen molar-refractivity contribution in [3.8, 4) is 16.9 Å². The Morgan fingerprint density at radius 3 is 2.31 bits per heavy atom. The molecule has 0 aliphatic rings. The van der Waals surface area contributed by atoms with E-state index >= 15 is 0 Å². The molecule has 0 saturated heterocycles. The van der Waals surface area contributed by atoms with Gasteiger partial charge >= 0.3 is 0 Å². The van der Waals surface area contributed by atoms with Crippen molar-refractivity contribution in [2.24, 2.45) is 0 Å². The van der Waals surface area contributed by atoms with E-state index in [1.807, 2.05) is 0 Å². The summed E-state index contributed by atoms with van der Waals surface area (Å²) in [6.45, 7) is 3.58. The van der Waals surface area contributed by atoms with E-state index in [1.165, 1.54) is 15.3 Å². The molecule has 5 nitrogen and oxygen atoms in total. The van der Waals surface area contributed by atoms with Crippen LogP contribution in [0.15, 0.2) is 30.6 Å². The first-order chi connectivity index (χ1) is 12.4. The second kappa shape index (κ2) is 5.84. The number of fused-ring (bicyclic) bond motifs is 1. The molecule has 0 saturated carbocycles. The number of benzene rings is 1. The fourth-order valence-corrected chi connectivity index (χ4v) is 3.20. The molecule has 0 aliphatic heterocycles. The second-order valence-corrected chi connectivity index (χ2v) is 6.14. The van der Waals surface area contributed by atoms with Crippen molar-refractivity contribution < 1.29 is 13.2 Å². The maximum Gasteiger partial charge on any atom is 0.236 e. The molecule has 3 heterocycles. The Morgan fingerprint density at radius 1 is 1.00 bits per heavy atom. The van der Waals surface area contributed by atoms with Crippen LogP contribution < -0.4 is 0 Å². The minimum absolute atomic E-state index is 0.0432. The maximum atomic E-state index is 14.5. The smallest absolute Gasteiger partial charge is 0.236 e. The highest BCUT2D eigenvalue weighted by molar-refractivity contribution is 6.32. The predicted molar refractivity (Wildman–Crippen MR) is 89.9 cm³/mol. The summed E-state index contributed by atoms with van der Waals surface area (Å²) in [6, 6.07) is 2.99. The van der Waals surface area contributed by atoms with Gasteiger partial charge in [0, 0.05) is 30.2 Å². The van der Waals surface area contributed by atoms with Crippen LogP contribution in [0.2, 0.25) is 5.15 Å². The number of halogens is 4. The van der Waals surface area contributed by atoms with Crippen LogP contribution >= 0.6 is 11.6 Å². The Kier molecular flexibility index (Phi) is 3.73. The van der Waals surface area contributed by atoms with E-state index in [9.17, 15) is 13.2 Å². The first kappa shape index (κ1) is 16.6. The van der Waals surface area contributed by atoms with Crippen LogP contribution in [-0.2, 0) is 0 Å². The van der Waals surface area contributed by atoms with Crippen LogP contribution in [0.4, 0.5) is 13.2 Å². The molecule has 0 amide bonds. The first-order valence-corrected chi connectivity index (χ1v) is 7.95. The number of aromatic nitrogens is 5. The number of rotatable bonds is 2. The van der Waals surface area contributed by atoms with Gasteiger partial charge in [0.05, 0.1) is 16.8 Å². The zero-order valence-corrected chi connectivity index (χ0v) is 14.4. The fraction of sp³-hybridized carbons (Fsp3) is 0.118. The Labute approximate surface area is 150 Å². The molecule has 1 aromatic carbocycles. The SMILES string of the molecule is Cc1cc(C)n(-c2c(-c3c(F)cc(F)cc3F)c(Cl)nc3nccn23)n1. The molecule has 4 rings (SSSR count). The predicted octanol–water partition coefficient (Wildman–Crippen LogP) is 4.27. The van der Waals surface area contributed by atoms with Gasteiger partial charge in [-0.3, -0.25) is 4.40 Å².